The molecule has 2 aromatic carbocycles. The summed E-state index contributed by atoms with van der Waals surface area (Å²) in [5.74, 6) is 1.56. The van der Waals surface area contributed by atoms with E-state index in [9.17, 15) is 4.79 Å². The Morgan fingerprint density at radius 2 is 1.83 bits per heavy atom. The first-order valence-corrected chi connectivity index (χ1v) is 10.5. The van der Waals surface area contributed by atoms with Gasteiger partial charge in [-0.05, 0) is 72.9 Å². The van der Waals surface area contributed by atoms with Crippen LogP contribution >= 0.6 is 12.2 Å². The Morgan fingerprint density at radius 1 is 1.14 bits per heavy atom. The molecular weight excluding hydrogens is 382 g/mol. The van der Waals surface area contributed by atoms with Crippen molar-refractivity contribution in [3.63, 3.8) is 0 Å². The average molecular weight is 412 g/mol. The molecule has 0 saturated carbocycles. The Hall–Kier alpha value is -2.60. The van der Waals surface area contributed by atoms with Crippen molar-refractivity contribution >= 4 is 34.6 Å². The van der Waals surface area contributed by atoms with Crippen molar-refractivity contribution in [2.75, 3.05) is 23.9 Å². The Kier molecular flexibility index (Phi) is 7.09. The number of nitrogens with one attached hydrogen (secondary N) is 2. The number of rotatable bonds is 7. The molecule has 1 amide bonds. The maximum atomic E-state index is 11.9. The van der Waals surface area contributed by atoms with Crippen LogP contribution < -0.4 is 20.3 Å². The van der Waals surface area contributed by atoms with Gasteiger partial charge in [0.05, 0.1) is 13.2 Å². The number of amides is 1. The summed E-state index contributed by atoms with van der Waals surface area (Å²) in [7, 11) is 1.67. The molecule has 0 bridgehead atoms. The summed E-state index contributed by atoms with van der Waals surface area (Å²) in [6.45, 7) is 5.20. The molecule has 3 rings (SSSR count). The maximum absolute atomic E-state index is 11.9. The number of anilines is 2. The van der Waals surface area contributed by atoms with Gasteiger partial charge >= 0.3 is 0 Å². The molecule has 1 aliphatic rings. The third-order valence-corrected chi connectivity index (χ3v) is 5.26. The fourth-order valence-electron chi connectivity index (χ4n) is 3.56. The van der Waals surface area contributed by atoms with Crippen LogP contribution in [0.1, 0.15) is 44.7 Å². The highest BCUT2D eigenvalue weighted by Crippen LogP contribution is 2.25. The van der Waals surface area contributed by atoms with E-state index in [1.807, 2.05) is 41.3 Å². The Balaban J connectivity index is 1.63. The van der Waals surface area contributed by atoms with Gasteiger partial charge < -0.3 is 20.3 Å². The second kappa shape index (κ2) is 9.74. The van der Waals surface area contributed by atoms with Gasteiger partial charge in [0.2, 0.25) is 5.91 Å². The van der Waals surface area contributed by atoms with E-state index in [-0.39, 0.29) is 11.9 Å². The Labute approximate surface area is 178 Å². The van der Waals surface area contributed by atoms with Crippen LogP contribution in [-0.4, -0.2) is 24.7 Å². The van der Waals surface area contributed by atoms with Crippen molar-refractivity contribution < 1.29 is 9.53 Å². The molecule has 5 nitrogen and oxygen atoms in total. The van der Waals surface area contributed by atoms with E-state index in [2.05, 4.69) is 36.6 Å². The van der Waals surface area contributed by atoms with Gasteiger partial charge in [0.15, 0.2) is 5.11 Å². The molecule has 1 heterocycles. The number of carbonyl (C=O) groups is 1. The highest BCUT2D eigenvalue weighted by atomic mass is 32.1. The number of benzene rings is 2. The largest absolute Gasteiger partial charge is 0.497 e. The first-order chi connectivity index (χ1) is 14.0. The van der Waals surface area contributed by atoms with Gasteiger partial charge in [0.25, 0.3) is 0 Å². The minimum atomic E-state index is 0.113. The molecule has 0 aliphatic carbocycles. The molecule has 1 saturated heterocycles. The van der Waals surface area contributed by atoms with Crippen LogP contribution in [0.25, 0.3) is 0 Å². The second-order valence-corrected chi connectivity index (χ2v) is 8.16. The smallest absolute Gasteiger partial charge is 0.227 e. The minimum absolute atomic E-state index is 0.113. The van der Waals surface area contributed by atoms with E-state index in [1.165, 1.54) is 5.56 Å². The molecule has 154 valence electrons. The molecule has 1 atom stereocenters. The van der Waals surface area contributed by atoms with Crippen molar-refractivity contribution in [3.05, 3.63) is 54.1 Å². The van der Waals surface area contributed by atoms with E-state index in [4.69, 9.17) is 17.0 Å². The van der Waals surface area contributed by atoms with Crippen LogP contribution in [0.2, 0.25) is 0 Å². The molecule has 29 heavy (non-hydrogen) atoms. The van der Waals surface area contributed by atoms with Crippen molar-refractivity contribution in [1.29, 1.82) is 0 Å². The van der Waals surface area contributed by atoms with E-state index in [0.717, 1.165) is 36.5 Å². The highest BCUT2D eigenvalue weighted by molar-refractivity contribution is 7.80. The number of carbonyl (C=O) groups excluding carboxylic acids is 1. The average Bonchev–Trinajstić information content (AvgIpc) is 3.13. The lowest BCUT2D eigenvalue weighted by Crippen LogP contribution is -2.33. The Bertz CT molecular complexity index is 834. The summed E-state index contributed by atoms with van der Waals surface area (Å²) in [6.07, 6.45) is 2.52. The molecule has 0 aromatic heterocycles. The summed E-state index contributed by atoms with van der Waals surface area (Å²) in [5, 5.41) is 7.28. The first-order valence-electron chi connectivity index (χ1n) is 10.1. The molecule has 2 N–H and O–H groups in total. The summed E-state index contributed by atoms with van der Waals surface area (Å²) in [5.41, 5.74) is 3.01. The van der Waals surface area contributed by atoms with Crippen LogP contribution in [0.3, 0.4) is 0 Å². The Morgan fingerprint density at radius 3 is 2.38 bits per heavy atom. The number of hydrogen-bond acceptors (Lipinski definition) is 3. The van der Waals surface area contributed by atoms with E-state index in [0.29, 0.717) is 17.5 Å². The third-order valence-electron chi connectivity index (χ3n) is 5.04. The van der Waals surface area contributed by atoms with Crippen LogP contribution in [-0.2, 0) is 4.79 Å². The van der Waals surface area contributed by atoms with E-state index < -0.39 is 0 Å². The lowest BCUT2D eigenvalue weighted by Gasteiger charge is -2.23. The van der Waals surface area contributed by atoms with Crippen LogP contribution in [0.4, 0.5) is 11.4 Å². The number of hydrogen-bond donors (Lipinski definition) is 2. The fourth-order valence-corrected chi connectivity index (χ4v) is 3.82. The third kappa shape index (κ3) is 5.70. The molecular formula is C23H29N3O2S. The summed E-state index contributed by atoms with van der Waals surface area (Å²) in [4.78, 5) is 13.7. The van der Waals surface area contributed by atoms with E-state index in [1.54, 1.807) is 7.11 Å². The van der Waals surface area contributed by atoms with Crippen LogP contribution in [0, 0.1) is 5.92 Å². The van der Waals surface area contributed by atoms with Gasteiger partial charge in [-0.3, -0.25) is 4.79 Å². The van der Waals surface area contributed by atoms with Crippen molar-refractivity contribution in [1.82, 2.24) is 5.32 Å². The SMILES string of the molecule is COc1ccc(C(CC(C)C)NC(=S)Nc2ccc(N3CCCC3=O)cc2)cc1. The summed E-state index contributed by atoms with van der Waals surface area (Å²) >= 11 is 5.56. The predicted octanol–water partition coefficient (Wildman–Crippen LogP) is 4.90. The monoisotopic (exact) mass is 411 g/mol. The van der Waals surface area contributed by atoms with Crippen molar-refractivity contribution in [2.45, 2.75) is 39.2 Å². The number of methoxy groups -OCH3 is 1. The van der Waals surface area contributed by atoms with Gasteiger partial charge in [0.1, 0.15) is 5.75 Å². The quantitative estimate of drug-likeness (QED) is 0.635. The second-order valence-electron chi connectivity index (χ2n) is 7.75. The maximum Gasteiger partial charge on any atom is 0.227 e. The molecule has 1 unspecified atom stereocenters. The number of ether oxygens (including phenoxy) is 1. The van der Waals surface area contributed by atoms with Crippen molar-refractivity contribution in [2.24, 2.45) is 5.92 Å². The van der Waals surface area contributed by atoms with Gasteiger partial charge in [-0.1, -0.05) is 26.0 Å². The predicted molar refractivity (Wildman–Crippen MR) is 123 cm³/mol. The zero-order valence-electron chi connectivity index (χ0n) is 17.3. The fraction of sp³-hybridized carbons (Fsp3) is 0.391. The van der Waals surface area contributed by atoms with Crippen molar-refractivity contribution in [3.8, 4) is 5.75 Å². The summed E-state index contributed by atoms with van der Waals surface area (Å²) in [6, 6.07) is 16.0. The molecule has 1 fully saturated rings. The molecule has 2 aromatic rings. The van der Waals surface area contributed by atoms with Crippen LogP contribution in [0.15, 0.2) is 48.5 Å². The van der Waals surface area contributed by atoms with Crippen LogP contribution in [0.5, 0.6) is 5.75 Å². The highest BCUT2D eigenvalue weighted by Gasteiger charge is 2.21. The normalized spacial score (nSPS) is 14.8. The van der Waals surface area contributed by atoms with Gasteiger partial charge in [-0.15, -0.1) is 0 Å². The number of nitrogens with zero attached hydrogens (tertiary/aromatic N) is 1. The zero-order valence-corrected chi connectivity index (χ0v) is 18.1. The van der Waals surface area contributed by atoms with Gasteiger partial charge in [0, 0.05) is 24.3 Å². The molecule has 0 radical (unpaired) electrons. The van der Waals surface area contributed by atoms with E-state index >= 15 is 0 Å². The molecule has 0 spiro atoms. The molecule has 6 heteroatoms. The topological polar surface area (TPSA) is 53.6 Å². The standard InChI is InChI=1S/C23H29N3O2S/c1-16(2)15-21(17-6-12-20(28-3)13-7-17)25-23(29)24-18-8-10-19(11-9-18)26-14-4-5-22(26)27/h6-13,16,21H,4-5,14-15H2,1-3H3,(H2,24,25,29). The van der Waals surface area contributed by atoms with Gasteiger partial charge in [-0.2, -0.15) is 0 Å². The minimum Gasteiger partial charge on any atom is -0.497 e. The van der Waals surface area contributed by atoms with Gasteiger partial charge in [-0.25, -0.2) is 0 Å². The molecule has 1 aliphatic heterocycles. The first kappa shape index (κ1) is 21.1. The lowest BCUT2D eigenvalue weighted by atomic mass is 9.97. The lowest BCUT2D eigenvalue weighted by molar-refractivity contribution is -0.117. The zero-order chi connectivity index (χ0) is 20.8. The number of thiocarbonyl (C=S) groups is 1. The summed E-state index contributed by atoms with van der Waals surface area (Å²) < 4.78 is 5.26.